The van der Waals surface area contributed by atoms with Gasteiger partial charge in [0, 0.05) is 38.8 Å². The number of benzene rings is 3. The molecule has 0 N–H and O–H groups in total. The first-order valence-corrected chi connectivity index (χ1v) is 12.4. The molecule has 5 rings (SSSR count). The van der Waals surface area contributed by atoms with E-state index in [0.717, 1.165) is 19.0 Å². The molecule has 32 heavy (non-hydrogen) atoms. The van der Waals surface area contributed by atoms with Crippen LogP contribution in [0.5, 0.6) is 0 Å². The third-order valence-corrected chi connectivity index (χ3v) is 7.86. The molecule has 0 bridgehead atoms. The molecule has 1 saturated heterocycles. The topological polar surface area (TPSA) is 6.48 Å². The van der Waals surface area contributed by atoms with E-state index in [1.54, 1.807) is 0 Å². The van der Waals surface area contributed by atoms with Gasteiger partial charge >= 0.3 is 0 Å². The summed E-state index contributed by atoms with van der Waals surface area (Å²) in [5.41, 5.74) is 4.74. The lowest BCUT2D eigenvalue weighted by Crippen LogP contribution is -2.52. The van der Waals surface area contributed by atoms with Crippen LogP contribution in [0.2, 0.25) is 0 Å². The summed E-state index contributed by atoms with van der Waals surface area (Å²) in [6.45, 7) is 5.91. The number of nitrogens with zero attached hydrogens (tertiary/aromatic N) is 2. The molecule has 166 valence electrons. The summed E-state index contributed by atoms with van der Waals surface area (Å²) in [7, 11) is 0. The van der Waals surface area contributed by atoms with Gasteiger partial charge in [0.2, 0.25) is 0 Å². The van der Waals surface area contributed by atoms with Gasteiger partial charge in [0.05, 0.1) is 0 Å². The summed E-state index contributed by atoms with van der Waals surface area (Å²) in [6, 6.07) is 34.1. The maximum atomic E-state index is 2.79. The predicted octanol–water partition coefficient (Wildman–Crippen LogP) is 5.93. The Balaban J connectivity index is 1.21. The molecule has 2 aliphatic rings. The molecule has 0 radical (unpaired) electrons. The summed E-state index contributed by atoms with van der Waals surface area (Å²) < 4.78 is 0. The minimum Gasteiger partial charge on any atom is -0.298 e. The lowest BCUT2D eigenvalue weighted by Gasteiger charge is -2.46. The van der Waals surface area contributed by atoms with Gasteiger partial charge in [0.25, 0.3) is 0 Å². The van der Waals surface area contributed by atoms with E-state index >= 15 is 0 Å². The number of rotatable bonds is 6. The van der Waals surface area contributed by atoms with E-state index in [9.17, 15) is 0 Å². The second-order valence-corrected chi connectivity index (χ2v) is 9.84. The molecule has 1 heterocycles. The molecule has 0 aromatic heterocycles. The molecule has 2 heteroatoms. The Morgan fingerprint density at radius 3 is 1.75 bits per heavy atom. The normalized spacial score (nSPS) is 24.9. The smallest absolute Gasteiger partial charge is 0.0234 e. The van der Waals surface area contributed by atoms with E-state index in [-0.39, 0.29) is 5.41 Å². The molecular weight excluding hydrogens is 388 g/mol. The largest absolute Gasteiger partial charge is 0.298 e. The van der Waals surface area contributed by atoms with E-state index in [0.29, 0.717) is 0 Å². The molecular formula is C30H36N2. The Morgan fingerprint density at radius 1 is 0.625 bits per heavy atom. The molecule has 2 fully saturated rings. The monoisotopic (exact) mass is 424 g/mol. The van der Waals surface area contributed by atoms with Crippen molar-refractivity contribution in [3.05, 3.63) is 108 Å². The molecule has 0 spiro atoms. The van der Waals surface area contributed by atoms with E-state index in [1.807, 2.05) is 0 Å². The van der Waals surface area contributed by atoms with Crippen molar-refractivity contribution >= 4 is 0 Å². The van der Waals surface area contributed by atoms with Crippen molar-refractivity contribution in [3.63, 3.8) is 0 Å². The van der Waals surface area contributed by atoms with Gasteiger partial charge in [-0.3, -0.25) is 9.80 Å². The summed E-state index contributed by atoms with van der Waals surface area (Å²) >= 11 is 0. The highest BCUT2D eigenvalue weighted by Crippen LogP contribution is 2.43. The molecule has 2 nitrogen and oxygen atoms in total. The van der Waals surface area contributed by atoms with Gasteiger partial charge < -0.3 is 0 Å². The van der Waals surface area contributed by atoms with Crippen LogP contribution in [0.4, 0.5) is 0 Å². The average molecular weight is 425 g/mol. The van der Waals surface area contributed by atoms with Gasteiger partial charge in [-0.2, -0.15) is 0 Å². The fraction of sp³-hybridized carbons (Fsp3) is 0.400. The highest BCUT2D eigenvalue weighted by atomic mass is 15.3. The van der Waals surface area contributed by atoms with Crippen LogP contribution in [0, 0.1) is 0 Å². The average Bonchev–Trinajstić information content (AvgIpc) is 2.87. The van der Waals surface area contributed by atoms with E-state index in [2.05, 4.69) is 101 Å². The molecule has 1 aliphatic heterocycles. The van der Waals surface area contributed by atoms with Crippen molar-refractivity contribution in [1.82, 2.24) is 9.80 Å². The maximum absolute atomic E-state index is 2.79. The summed E-state index contributed by atoms with van der Waals surface area (Å²) in [5, 5.41) is 0. The third-order valence-electron chi connectivity index (χ3n) is 7.86. The first-order valence-electron chi connectivity index (χ1n) is 12.4. The van der Waals surface area contributed by atoms with Crippen LogP contribution in [0.3, 0.4) is 0 Å². The van der Waals surface area contributed by atoms with Crippen molar-refractivity contribution in [1.29, 1.82) is 0 Å². The van der Waals surface area contributed by atoms with Gasteiger partial charge in [0.15, 0.2) is 0 Å². The second kappa shape index (κ2) is 10.0. The maximum Gasteiger partial charge on any atom is 0.0234 e. The fourth-order valence-corrected chi connectivity index (χ4v) is 5.99. The van der Waals surface area contributed by atoms with Crippen molar-refractivity contribution in [3.8, 4) is 0 Å². The summed E-state index contributed by atoms with van der Waals surface area (Å²) in [6.07, 6.45) is 6.39. The zero-order chi connectivity index (χ0) is 21.6. The Hall–Kier alpha value is -2.42. The van der Waals surface area contributed by atoms with Crippen LogP contribution in [-0.2, 0) is 18.4 Å². The first-order chi connectivity index (χ1) is 15.8. The molecule has 3 aromatic carbocycles. The highest BCUT2D eigenvalue weighted by molar-refractivity contribution is 5.30. The molecule has 0 amide bonds. The first kappa shape index (κ1) is 21.4. The van der Waals surface area contributed by atoms with E-state index in [1.165, 1.54) is 68.6 Å². The molecule has 0 atom stereocenters. The minimum atomic E-state index is 0.286. The fourth-order valence-electron chi connectivity index (χ4n) is 5.99. The minimum absolute atomic E-state index is 0.286. The standard InChI is InChI=1S/C30H36N2/c1-4-10-26(11-5-1)24-30(28-14-8-3-9-15-28)18-16-29(17-19-30)32-22-20-31(21-23-32)25-27-12-6-2-7-13-27/h1-15,29H,16-25H2. The number of piperazine rings is 1. The lowest BCUT2D eigenvalue weighted by atomic mass is 9.65. The van der Waals surface area contributed by atoms with Crippen LogP contribution < -0.4 is 0 Å². The zero-order valence-corrected chi connectivity index (χ0v) is 19.2. The molecule has 0 unspecified atom stereocenters. The molecule has 1 aliphatic carbocycles. The molecule has 1 saturated carbocycles. The Bertz CT molecular complexity index is 938. The van der Waals surface area contributed by atoms with Crippen LogP contribution in [0.25, 0.3) is 0 Å². The van der Waals surface area contributed by atoms with Crippen LogP contribution in [0.15, 0.2) is 91.0 Å². The van der Waals surface area contributed by atoms with Gasteiger partial charge in [0.1, 0.15) is 0 Å². The van der Waals surface area contributed by atoms with Gasteiger partial charge in [-0.25, -0.2) is 0 Å². The van der Waals surface area contributed by atoms with Crippen LogP contribution in [0.1, 0.15) is 42.4 Å². The zero-order valence-electron chi connectivity index (χ0n) is 19.2. The van der Waals surface area contributed by atoms with E-state index < -0.39 is 0 Å². The van der Waals surface area contributed by atoms with Crippen molar-refractivity contribution < 1.29 is 0 Å². The van der Waals surface area contributed by atoms with Crippen LogP contribution in [-0.4, -0.2) is 42.0 Å². The lowest BCUT2D eigenvalue weighted by molar-refractivity contribution is 0.0618. The van der Waals surface area contributed by atoms with Crippen molar-refractivity contribution in [2.24, 2.45) is 0 Å². The predicted molar refractivity (Wildman–Crippen MR) is 134 cm³/mol. The highest BCUT2D eigenvalue weighted by Gasteiger charge is 2.38. The molecule has 3 aromatic rings. The number of hydrogen-bond acceptors (Lipinski definition) is 2. The van der Waals surface area contributed by atoms with Gasteiger partial charge in [-0.05, 0) is 54.2 Å². The van der Waals surface area contributed by atoms with Crippen LogP contribution >= 0.6 is 0 Å². The Morgan fingerprint density at radius 2 is 1.16 bits per heavy atom. The summed E-state index contributed by atoms with van der Waals surface area (Å²) in [5.74, 6) is 0. The number of hydrogen-bond donors (Lipinski definition) is 0. The van der Waals surface area contributed by atoms with Gasteiger partial charge in [-0.1, -0.05) is 91.0 Å². The van der Waals surface area contributed by atoms with Crippen molar-refractivity contribution in [2.75, 3.05) is 26.2 Å². The SMILES string of the molecule is c1ccc(CN2CCN(C3CCC(Cc4ccccc4)(c4ccccc4)CC3)CC2)cc1. The Labute approximate surface area is 193 Å². The van der Waals surface area contributed by atoms with E-state index in [4.69, 9.17) is 0 Å². The quantitative estimate of drug-likeness (QED) is 0.484. The van der Waals surface area contributed by atoms with Gasteiger partial charge in [-0.15, -0.1) is 0 Å². The second-order valence-electron chi connectivity index (χ2n) is 9.84. The summed E-state index contributed by atoms with van der Waals surface area (Å²) in [4.78, 5) is 5.41. The third kappa shape index (κ3) is 4.98. The Kier molecular flexibility index (Phi) is 6.71. The van der Waals surface area contributed by atoms with Crippen molar-refractivity contribution in [2.45, 2.75) is 50.1 Å².